The second kappa shape index (κ2) is 13.8. The van der Waals surface area contributed by atoms with E-state index in [4.69, 9.17) is 4.74 Å². The zero-order valence-corrected chi connectivity index (χ0v) is 21.3. The molecule has 0 aliphatic rings. The summed E-state index contributed by atoms with van der Waals surface area (Å²) in [4.78, 5) is 16.8. The Hall–Kier alpha value is -1.35. The zero-order valence-electron chi connectivity index (χ0n) is 19.0. The van der Waals surface area contributed by atoms with Crippen molar-refractivity contribution in [1.29, 1.82) is 0 Å². The van der Waals surface area contributed by atoms with E-state index in [-0.39, 0.29) is 47.3 Å². The van der Waals surface area contributed by atoms with Gasteiger partial charge in [-0.2, -0.15) is 0 Å². The van der Waals surface area contributed by atoms with Gasteiger partial charge in [-0.25, -0.2) is 4.99 Å². The predicted octanol–water partition coefficient (Wildman–Crippen LogP) is 4.41. The molecule has 1 amide bonds. The molecule has 6 nitrogen and oxygen atoms in total. The molecule has 0 heterocycles. The van der Waals surface area contributed by atoms with Gasteiger partial charge in [0.05, 0.1) is 12.6 Å². The predicted molar refractivity (Wildman–Crippen MR) is 133 cm³/mol. The first kappa shape index (κ1) is 27.6. The lowest BCUT2D eigenvalue weighted by molar-refractivity contribution is -0.119. The third kappa shape index (κ3) is 10.3. The van der Waals surface area contributed by atoms with Gasteiger partial charge in [-0.05, 0) is 36.5 Å². The Bertz CT molecular complexity index is 644. The number of benzene rings is 1. The average Bonchev–Trinajstić information content (AvgIpc) is 2.65. The molecular formula is C22H39IN4O2. The maximum Gasteiger partial charge on any atom is 0.227 e. The fourth-order valence-corrected chi connectivity index (χ4v) is 2.64. The quantitative estimate of drug-likeness (QED) is 0.257. The van der Waals surface area contributed by atoms with E-state index in [1.165, 1.54) is 0 Å². The number of rotatable bonds is 9. The molecule has 0 radical (unpaired) electrons. The summed E-state index contributed by atoms with van der Waals surface area (Å²) < 4.78 is 5.60. The van der Waals surface area contributed by atoms with Crippen molar-refractivity contribution in [3.63, 3.8) is 0 Å². The average molecular weight is 518 g/mol. The number of nitrogens with one attached hydrogen (secondary N) is 3. The van der Waals surface area contributed by atoms with Gasteiger partial charge < -0.3 is 20.7 Å². The van der Waals surface area contributed by atoms with E-state index in [9.17, 15) is 4.79 Å². The molecule has 0 aromatic heterocycles. The first-order valence-electron chi connectivity index (χ1n) is 10.2. The van der Waals surface area contributed by atoms with E-state index in [0.29, 0.717) is 13.1 Å². The zero-order chi connectivity index (χ0) is 21.2. The highest BCUT2D eigenvalue weighted by Crippen LogP contribution is 2.21. The molecule has 2 atom stereocenters. The Kier molecular flexibility index (Phi) is 13.2. The highest BCUT2D eigenvalue weighted by Gasteiger charge is 2.24. The minimum Gasteiger partial charge on any atom is -0.379 e. The summed E-state index contributed by atoms with van der Waals surface area (Å²) in [7, 11) is 1.74. The summed E-state index contributed by atoms with van der Waals surface area (Å²) in [5.74, 6) is 0.802. The summed E-state index contributed by atoms with van der Waals surface area (Å²) in [6.07, 6.45) is 0.903. The molecule has 0 aliphatic heterocycles. The van der Waals surface area contributed by atoms with E-state index in [0.717, 1.165) is 30.2 Å². The number of guanidine groups is 1. The number of anilines is 1. The molecule has 1 aromatic rings. The topological polar surface area (TPSA) is 74.8 Å². The molecule has 1 aromatic carbocycles. The highest BCUT2D eigenvalue weighted by molar-refractivity contribution is 14.0. The van der Waals surface area contributed by atoms with Gasteiger partial charge in [0.25, 0.3) is 0 Å². The molecule has 0 saturated carbocycles. The van der Waals surface area contributed by atoms with Crippen molar-refractivity contribution in [2.75, 3.05) is 25.5 Å². The maximum absolute atomic E-state index is 12.1. The SMILES string of the molecule is CCNC(=NCc1cccc(NC(=O)C(C)CC)c1)NCC(OC)C(C)(C)C.I. The third-order valence-corrected chi connectivity index (χ3v) is 4.72. The minimum absolute atomic E-state index is 0. The first-order valence-corrected chi connectivity index (χ1v) is 10.2. The normalized spacial score (nSPS) is 13.8. The third-order valence-electron chi connectivity index (χ3n) is 4.72. The second-order valence-corrected chi connectivity index (χ2v) is 8.17. The van der Waals surface area contributed by atoms with Crippen molar-refractivity contribution < 1.29 is 9.53 Å². The van der Waals surface area contributed by atoms with Crippen LogP contribution < -0.4 is 16.0 Å². The summed E-state index contributed by atoms with van der Waals surface area (Å²) in [6, 6.07) is 7.83. The summed E-state index contributed by atoms with van der Waals surface area (Å²) >= 11 is 0. The molecule has 29 heavy (non-hydrogen) atoms. The van der Waals surface area contributed by atoms with Crippen LogP contribution in [0.1, 0.15) is 53.5 Å². The van der Waals surface area contributed by atoms with Crippen LogP contribution in [-0.2, 0) is 16.1 Å². The second-order valence-electron chi connectivity index (χ2n) is 8.17. The Morgan fingerprint density at radius 1 is 1.21 bits per heavy atom. The smallest absolute Gasteiger partial charge is 0.227 e. The molecule has 166 valence electrons. The van der Waals surface area contributed by atoms with Crippen molar-refractivity contribution in [2.24, 2.45) is 16.3 Å². The van der Waals surface area contributed by atoms with Gasteiger partial charge in [-0.1, -0.05) is 46.8 Å². The molecule has 3 N–H and O–H groups in total. The van der Waals surface area contributed by atoms with Gasteiger partial charge in [0, 0.05) is 31.8 Å². The number of hydrogen-bond donors (Lipinski definition) is 3. The van der Waals surface area contributed by atoms with Gasteiger partial charge in [0.1, 0.15) is 0 Å². The lowest BCUT2D eigenvalue weighted by atomic mass is 9.89. The largest absolute Gasteiger partial charge is 0.379 e. The molecule has 0 fully saturated rings. The number of aliphatic imine (C=N–C) groups is 1. The van der Waals surface area contributed by atoms with E-state index >= 15 is 0 Å². The number of hydrogen-bond acceptors (Lipinski definition) is 3. The Morgan fingerprint density at radius 3 is 2.45 bits per heavy atom. The van der Waals surface area contributed by atoms with Gasteiger partial charge in [-0.3, -0.25) is 4.79 Å². The van der Waals surface area contributed by atoms with Crippen molar-refractivity contribution in [3.05, 3.63) is 29.8 Å². The number of carbonyl (C=O) groups excluding carboxylic acids is 1. The van der Waals surface area contributed by atoms with Crippen LogP contribution in [0.2, 0.25) is 0 Å². The number of amides is 1. The number of halogens is 1. The fourth-order valence-electron chi connectivity index (χ4n) is 2.64. The fraction of sp³-hybridized carbons (Fsp3) is 0.636. The maximum atomic E-state index is 12.1. The van der Waals surface area contributed by atoms with Crippen LogP contribution in [0.15, 0.2) is 29.3 Å². The number of ether oxygens (including phenoxy) is 1. The van der Waals surface area contributed by atoms with E-state index in [1.807, 2.05) is 45.0 Å². The van der Waals surface area contributed by atoms with Crippen molar-refractivity contribution in [3.8, 4) is 0 Å². The van der Waals surface area contributed by atoms with Gasteiger partial charge in [0.15, 0.2) is 5.96 Å². The van der Waals surface area contributed by atoms with Gasteiger partial charge in [-0.15, -0.1) is 24.0 Å². The molecular weight excluding hydrogens is 479 g/mol. The number of methoxy groups -OCH3 is 1. The van der Waals surface area contributed by atoms with Crippen LogP contribution in [0.25, 0.3) is 0 Å². The highest BCUT2D eigenvalue weighted by atomic mass is 127. The van der Waals surface area contributed by atoms with Crippen LogP contribution in [-0.4, -0.2) is 38.2 Å². The Labute approximate surface area is 193 Å². The molecule has 0 saturated heterocycles. The van der Waals surface area contributed by atoms with E-state index < -0.39 is 0 Å². The molecule has 7 heteroatoms. The van der Waals surface area contributed by atoms with Crippen LogP contribution in [0, 0.1) is 11.3 Å². The standard InChI is InChI=1S/C22H38N4O2.HI/c1-8-16(3)20(27)26-18-12-10-11-17(13-18)14-24-21(23-9-2)25-15-19(28-7)22(4,5)6;/h10-13,16,19H,8-9,14-15H2,1-7H3,(H,26,27)(H2,23,24,25);1H. The first-order chi connectivity index (χ1) is 13.2. The number of carbonyl (C=O) groups is 1. The van der Waals surface area contributed by atoms with Gasteiger partial charge in [0.2, 0.25) is 5.91 Å². The molecule has 0 bridgehead atoms. The molecule has 0 aliphatic carbocycles. The lowest BCUT2D eigenvalue weighted by Gasteiger charge is -2.30. The Balaban J connectivity index is 0.00000784. The van der Waals surface area contributed by atoms with Crippen molar-refractivity contribution in [1.82, 2.24) is 10.6 Å². The lowest BCUT2D eigenvalue weighted by Crippen LogP contribution is -2.45. The van der Waals surface area contributed by atoms with Crippen molar-refractivity contribution in [2.45, 2.75) is 60.6 Å². The summed E-state index contributed by atoms with van der Waals surface area (Å²) in [5, 5.41) is 9.60. The molecule has 1 rings (SSSR count). The molecule has 0 spiro atoms. The minimum atomic E-state index is 0. The molecule has 2 unspecified atom stereocenters. The van der Waals surface area contributed by atoms with Gasteiger partial charge >= 0.3 is 0 Å². The van der Waals surface area contributed by atoms with Crippen LogP contribution in [0.4, 0.5) is 5.69 Å². The Morgan fingerprint density at radius 2 is 1.90 bits per heavy atom. The monoisotopic (exact) mass is 518 g/mol. The summed E-state index contributed by atoms with van der Waals surface area (Å²) in [6.45, 7) is 14.4. The van der Waals surface area contributed by atoms with E-state index in [2.05, 4.69) is 41.7 Å². The van der Waals surface area contributed by atoms with Crippen LogP contribution in [0.5, 0.6) is 0 Å². The number of nitrogens with zero attached hydrogens (tertiary/aromatic N) is 1. The van der Waals surface area contributed by atoms with Crippen LogP contribution >= 0.6 is 24.0 Å². The van der Waals surface area contributed by atoms with Crippen LogP contribution in [0.3, 0.4) is 0 Å². The summed E-state index contributed by atoms with van der Waals surface area (Å²) in [5.41, 5.74) is 1.89. The van der Waals surface area contributed by atoms with Crippen molar-refractivity contribution >= 4 is 41.5 Å². The van der Waals surface area contributed by atoms with E-state index in [1.54, 1.807) is 7.11 Å².